The van der Waals surface area contributed by atoms with E-state index >= 15 is 0 Å². The SMILES string of the molecule is Cc1nc(C2CCN(C(=O)CCCn3c(C(C)C)nc4ccccc43)C2)ncc1C(N)=O. The van der Waals surface area contributed by atoms with Gasteiger partial charge in [-0.25, -0.2) is 15.0 Å². The molecule has 1 saturated heterocycles. The van der Waals surface area contributed by atoms with Gasteiger partial charge in [-0.2, -0.15) is 0 Å². The van der Waals surface area contributed by atoms with Gasteiger partial charge in [-0.15, -0.1) is 0 Å². The molecule has 1 atom stereocenters. The minimum absolute atomic E-state index is 0.0877. The third kappa shape index (κ3) is 4.35. The molecule has 32 heavy (non-hydrogen) atoms. The number of aromatic nitrogens is 4. The molecule has 1 aliphatic heterocycles. The van der Waals surface area contributed by atoms with Crippen LogP contribution in [0.15, 0.2) is 30.5 Å². The maximum absolute atomic E-state index is 12.8. The van der Waals surface area contributed by atoms with Gasteiger partial charge in [0.1, 0.15) is 11.6 Å². The number of para-hydroxylation sites is 2. The number of hydrogen-bond donors (Lipinski definition) is 1. The Kier molecular flexibility index (Phi) is 6.21. The standard InChI is InChI=1S/C24H30N6O2/c1-15(2)24-28-19-7-4-5-8-20(19)30(24)11-6-9-21(31)29-12-10-17(14-29)23-26-13-18(22(25)32)16(3)27-23/h4-5,7-8,13,15,17H,6,9-12,14H2,1-3H3,(H2,25,32). The van der Waals surface area contributed by atoms with Crippen LogP contribution >= 0.6 is 0 Å². The van der Waals surface area contributed by atoms with Crippen LogP contribution in [-0.2, 0) is 11.3 Å². The van der Waals surface area contributed by atoms with E-state index in [9.17, 15) is 9.59 Å². The van der Waals surface area contributed by atoms with Crippen LogP contribution in [0, 0.1) is 6.92 Å². The number of amides is 2. The molecule has 3 heterocycles. The second-order valence-electron chi connectivity index (χ2n) is 8.79. The van der Waals surface area contributed by atoms with E-state index in [-0.39, 0.29) is 11.8 Å². The summed E-state index contributed by atoms with van der Waals surface area (Å²) in [6.45, 7) is 8.14. The number of nitrogens with zero attached hydrogens (tertiary/aromatic N) is 5. The molecule has 0 bridgehead atoms. The van der Waals surface area contributed by atoms with E-state index in [1.807, 2.05) is 23.1 Å². The highest BCUT2D eigenvalue weighted by atomic mass is 16.2. The number of rotatable bonds is 7. The maximum atomic E-state index is 12.8. The van der Waals surface area contributed by atoms with E-state index in [0.29, 0.717) is 42.5 Å². The Morgan fingerprint density at radius 2 is 2.00 bits per heavy atom. The summed E-state index contributed by atoms with van der Waals surface area (Å²) in [7, 11) is 0. The van der Waals surface area contributed by atoms with Gasteiger partial charge in [-0.05, 0) is 31.9 Å². The number of imidazole rings is 1. The summed E-state index contributed by atoms with van der Waals surface area (Å²) in [5, 5.41) is 0. The van der Waals surface area contributed by atoms with E-state index in [0.717, 1.165) is 36.2 Å². The lowest BCUT2D eigenvalue weighted by Crippen LogP contribution is -2.28. The molecule has 1 aromatic carbocycles. The monoisotopic (exact) mass is 434 g/mol. The predicted molar refractivity (Wildman–Crippen MR) is 122 cm³/mol. The predicted octanol–water partition coefficient (Wildman–Crippen LogP) is 3.15. The Morgan fingerprint density at radius 3 is 2.72 bits per heavy atom. The topological polar surface area (TPSA) is 107 Å². The molecule has 0 aliphatic carbocycles. The van der Waals surface area contributed by atoms with Crippen molar-refractivity contribution in [3.05, 3.63) is 53.4 Å². The third-order valence-corrected chi connectivity index (χ3v) is 6.14. The van der Waals surface area contributed by atoms with Crippen molar-refractivity contribution in [3.8, 4) is 0 Å². The van der Waals surface area contributed by atoms with Crippen LogP contribution in [0.2, 0.25) is 0 Å². The van der Waals surface area contributed by atoms with Crippen molar-refractivity contribution in [3.63, 3.8) is 0 Å². The fourth-order valence-electron chi connectivity index (χ4n) is 4.44. The summed E-state index contributed by atoms with van der Waals surface area (Å²) < 4.78 is 2.25. The highest BCUT2D eigenvalue weighted by molar-refractivity contribution is 5.93. The number of benzene rings is 1. The first-order valence-electron chi connectivity index (χ1n) is 11.2. The Bertz CT molecular complexity index is 1150. The number of carbonyl (C=O) groups excluding carboxylic acids is 2. The second-order valence-corrected chi connectivity index (χ2v) is 8.79. The van der Waals surface area contributed by atoms with Crippen LogP contribution < -0.4 is 5.73 Å². The van der Waals surface area contributed by atoms with Gasteiger partial charge >= 0.3 is 0 Å². The molecule has 168 valence electrons. The van der Waals surface area contributed by atoms with Crippen LogP contribution in [0.4, 0.5) is 0 Å². The van der Waals surface area contributed by atoms with Crippen molar-refractivity contribution in [2.75, 3.05) is 13.1 Å². The van der Waals surface area contributed by atoms with Gasteiger partial charge < -0.3 is 15.2 Å². The zero-order chi connectivity index (χ0) is 22.8. The molecule has 8 heteroatoms. The van der Waals surface area contributed by atoms with Gasteiger partial charge in [0.15, 0.2) is 0 Å². The van der Waals surface area contributed by atoms with Crippen molar-refractivity contribution in [2.24, 2.45) is 5.73 Å². The third-order valence-electron chi connectivity index (χ3n) is 6.14. The molecule has 2 amide bonds. The Morgan fingerprint density at radius 1 is 1.22 bits per heavy atom. The fourth-order valence-corrected chi connectivity index (χ4v) is 4.44. The molecule has 1 fully saturated rings. The smallest absolute Gasteiger partial charge is 0.252 e. The lowest BCUT2D eigenvalue weighted by Gasteiger charge is -2.17. The molecule has 2 aromatic heterocycles. The molecule has 1 unspecified atom stereocenters. The zero-order valence-electron chi connectivity index (χ0n) is 18.9. The molecule has 2 N–H and O–H groups in total. The number of aryl methyl sites for hydroxylation is 2. The molecule has 0 spiro atoms. The highest BCUT2D eigenvalue weighted by Gasteiger charge is 2.29. The summed E-state index contributed by atoms with van der Waals surface area (Å²) in [6.07, 6.45) is 3.58. The fraction of sp³-hybridized carbons (Fsp3) is 0.458. The Balaban J connectivity index is 1.36. The summed E-state index contributed by atoms with van der Waals surface area (Å²) in [6, 6.07) is 8.16. The number of fused-ring (bicyclic) bond motifs is 1. The molecular formula is C24H30N6O2. The molecular weight excluding hydrogens is 404 g/mol. The van der Waals surface area contributed by atoms with Crippen molar-refractivity contribution in [2.45, 2.75) is 58.4 Å². The van der Waals surface area contributed by atoms with E-state index < -0.39 is 5.91 Å². The summed E-state index contributed by atoms with van der Waals surface area (Å²) in [4.78, 5) is 39.7. The van der Waals surface area contributed by atoms with Gasteiger partial charge in [-0.3, -0.25) is 9.59 Å². The van der Waals surface area contributed by atoms with Gasteiger partial charge in [0, 0.05) is 44.1 Å². The first kappa shape index (κ1) is 21.9. The maximum Gasteiger partial charge on any atom is 0.252 e. The van der Waals surface area contributed by atoms with Gasteiger partial charge in [-0.1, -0.05) is 26.0 Å². The molecule has 0 radical (unpaired) electrons. The highest BCUT2D eigenvalue weighted by Crippen LogP contribution is 2.26. The lowest BCUT2D eigenvalue weighted by atomic mass is 10.1. The van der Waals surface area contributed by atoms with E-state index in [2.05, 4.69) is 34.4 Å². The summed E-state index contributed by atoms with van der Waals surface area (Å²) in [5.41, 5.74) is 8.39. The van der Waals surface area contributed by atoms with Crippen LogP contribution in [0.25, 0.3) is 11.0 Å². The average Bonchev–Trinajstić information content (AvgIpc) is 3.39. The molecule has 3 aromatic rings. The van der Waals surface area contributed by atoms with Crippen molar-refractivity contribution < 1.29 is 9.59 Å². The Hall–Kier alpha value is -3.29. The van der Waals surface area contributed by atoms with Gasteiger partial charge in [0.25, 0.3) is 5.91 Å². The Labute approximate surface area is 187 Å². The van der Waals surface area contributed by atoms with Gasteiger partial charge in [0.05, 0.1) is 22.3 Å². The van der Waals surface area contributed by atoms with Crippen molar-refractivity contribution in [1.82, 2.24) is 24.4 Å². The summed E-state index contributed by atoms with van der Waals surface area (Å²) >= 11 is 0. The van der Waals surface area contributed by atoms with E-state index in [4.69, 9.17) is 10.7 Å². The van der Waals surface area contributed by atoms with E-state index in [1.54, 1.807) is 6.92 Å². The first-order chi connectivity index (χ1) is 15.3. The minimum Gasteiger partial charge on any atom is -0.365 e. The average molecular weight is 435 g/mol. The number of primary amides is 1. The largest absolute Gasteiger partial charge is 0.365 e. The zero-order valence-corrected chi connectivity index (χ0v) is 18.9. The normalized spacial score (nSPS) is 16.2. The quantitative estimate of drug-likeness (QED) is 0.615. The number of hydrogen-bond acceptors (Lipinski definition) is 5. The number of carbonyl (C=O) groups is 2. The van der Waals surface area contributed by atoms with Crippen LogP contribution in [0.5, 0.6) is 0 Å². The van der Waals surface area contributed by atoms with E-state index in [1.165, 1.54) is 6.20 Å². The molecule has 0 saturated carbocycles. The lowest BCUT2D eigenvalue weighted by molar-refractivity contribution is -0.130. The first-order valence-corrected chi connectivity index (χ1v) is 11.2. The molecule has 1 aliphatic rings. The minimum atomic E-state index is -0.524. The van der Waals surface area contributed by atoms with Crippen LogP contribution in [-0.4, -0.2) is 49.3 Å². The molecule has 8 nitrogen and oxygen atoms in total. The van der Waals surface area contributed by atoms with Gasteiger partial charge in [0.2, 0.25) is 5.91 Å². The van der Waals surface area contributed by atoms with Crippen molar-refractivity contribution in [1.29, 1.82) is 0 Å². The van der Waals surface area contributed by atoms with Crippen LogP contribution in [0.3, 0.4) is 0 Å². The number of nitrogens with two attached hydrogens (primary N) is 1. The summed E-state index contributed by atoms with van der Waals surface area (Å²) in [5.74, 6) is 1.78. The molecule has 4 rings (SSSR count). The van der Waals surface area contributed by atoms with Crippen LogP contribution in [0.1, 0.15) is 72.6 Å². The second kappa shape index (κ2) is 9.06. The number of likely N-dealkylation sites (tertiary alicyclic amines) is 1. The van der Waals surface area contributed by atoms with Crippen molar-refractivity contribution >= 4 is 22.8 Å².